The average molecular weight is 661 g/mol. The van der Waals surface area contributed by atoms with E-state index < -0.39 is 5.97 Å². The zero-order valence-corrected chi connectivity index (χ0v) is 22.5. The van der Waals surface area contributed by atoms with Crippen molar-refractivity contribution in [3.8, 4) is 5.75 Å². The van der Waals surface area contributed by atoms with Crippen molar-refractivity contribution in [3.63, 3.8) is 0 Å². The number of hydrogen-bond donors (Lipinski definition) is 1. The number of furan rings is 1. The SMILES string of the molecule is CCN(CC)CCOc1c(I)cc(C(=O)c2c(CC(=O)O)oc3cccc(C)c23)cc1I. The van der Waals surface area contributed by atoms with Crippen LogP contribution in [0.5, 0.6) is 5.75 Å². The van der Waals surface area contributed by atoms with Gasteiger partial charge in [-0.15, -0.1) is 0 Å². The summed E-state index contributed by atoms with van der Waals surface area (Å²) < 4.78 is 13.5. The van der Waals surface area contributed by atoms with Gasteiger partial charge in [0.05, 0.1) is 12.7 Å². The third-order valence-corrected chi connectivity index (χ3v) is 6.95. The molecular weight excluding hydrogens is 636 g/mol. The lowest BCUT2D eigenvalue weighted by Gasteiger charge is -2.19. The summed E-state index contributed by atoms with van der Waals surface area (Å²) in [5, 5.41) is 9.99. The Hall–Kier alpha value is -1.66. The highest BCUT2D eigenvalue weighted by Gasteiger charge is 2.26. The van der Waals surface area contributed by atoms with Crippen LogP contribution >= 0.6 is 45.2 Å². The Morgan fingerprint density at radius 2 is 1.78 bits per heavy atom. The summed E-state index contributed by atoms with van der Waals surface area (Å²) in [7, 11) is 0. The van der Waals surface area contributed by atoms with Crippen LogP contribution in [0.3, 0.4) is 0 Å². The Balaban J connectivity index is 1.96. The molecule has 0 radical (unpaired) electrons. The van der Waals surface area contributed by atoms with Crippen LogP contribution in [0.25, 0.3) is 11.0 Å². The predicted molar refractivity (Wildman–Crippen MR) is 141 cm³/mol. The lowest BCUT2D eigenvalue weighted by molar-refractivity contribution is -0.136. The first-order chi connectivity index (χ1) is 15.3. The highest BCUT2D eigenvalue weighted by atomic mass is 127. The van der Waals surface area contributed by atoms with Crippen LogP contribution in [-0.2, 0) is 11.2 Å². The van der Waals surface area contributed by atoms with Gasteiger partial charge in [-0.1, -0.05) is 26.0 Å². The molecule has 0 fully saturated rings. The number of carbonyl (C=O) groups excluding carboxylic acids is 1. The largest absolute Gasteiger partial charge is 0.490 e. The maximum absolute atomic E-state index is 13.6. The first-order valence-electron chi connectivity index (χ1n) is 10.4. The van der Waals surface area contributed by atoms with Crippen LogP contribution in [-0.4, -0.2) is 48.0 Å². The molecule has 0 unspecified atom stereocenters. The number of aliphatic carboxylic acids is 1. The molecule has 1 heterocycles. The summed E-state index contributed by atoms with van der Waals surface area (Å²) in [5.41, 5.74) is 2.19. The molecule has 170 valence electrons. The van der Waals surface area contributed by atoms with E-state index in [0.29, 0.717) is 28.7 Å². The van der Waals surface area contributed by atoms with Gasteiger partial charge in [0.1, 0.15) is 30.1 Å². The van der Waals surface area contributed by atoms with Crippen LogP contribution in [0.15, 0.2) is 34.7 Å². The molecule has 0 aliphatic heterocycles. The van der Waals surface area contributed by atoms with Gasteiger partial charge in [-0.25, -0.2) is 0 Å². The topological polar surface area (TPSA) is 80.0 Å². The normalized spacial score (nSPS) is 11.3. The number of carboxylic acids is 1. The number of carboxylic acid groups (broad SMARTS) is 1. The number of halogens is 2. The van der Waals surface area contributed by atoms with Gasteiger partial charge in [0.15, 0.2) is 5.78 Å². The van der Waals surface area contributed by atoms with Crippen LogP contribution in [0.1, 0.15) is 41.1 Å². The minimum atomic E-state index is -1.04. The van der Waals surface area contributed by atoms with Crippen molar-refractivity contribution < 1.29 is 23.8 Å². The van der Waals surface area contributed by atoms with Crippen LogP contribution in [0, 0.1) is 14.1 Å². The Kier molecular flexibility index (Phi) is 8.56. The van der Waals surface area contributed by atoms with Gasteiger partial charge in [-0.3, -0.25) is 9.59 Å². The second kappa shape index (κ2) is 11.0. The second-order valence-electron chi connectivity index (χ2n) is 7.39. The van der Waals surface area contributed by atoms with Gasteiger partial charge < -0.3 is 19.2 Å². The van der Waals surface area contributed by atoms with Gasteiger partial charge in [-0.2, -0.15) is 0 Å². The number of ketones is 1. The molecule has 0 aliphatic carbocycles. The fourth-order valence-corrected chi connectivity index (χ4v) is 5.74. The van der Waals surface area contributed by atoms with Crippen molar-refractivity contribution in [1.82, 2.24) is 4.90 Å². The molecule has 1 N–H and O–H groups in total. The quantitative estimate of drug-likeness (QED) is 0.228. The molecule has 2 aromatic carbocycles. The van der Waals surface area contributed by atoms with Crippen molar-refractivity contribution in [2.24, 2.45) is 0 Å². The first kappa shape index (κ1) is 25.0. The molecule has 0 amide bonds. The van der Waals surface area contributed by atoms with Gasteiger partial charge in [0.25, 0.3) is 0 Å². The number of nitrogens with zero attached hydrogens (tertiary/aromatic N) is 1. The molecule has 3 rings (SSSR count). The molecule has 0 spiro atoms. The highest BCUT2D eigenvalue weighted by Crippen LogP contribution is 2.34. The number of ether oxygens (including phenoxy) is 1. The van der Waals surface area contributed by atoms with E-state index in [1.807, 2.05) is 19.1 Å². The molecule has 0 bridgehead atoms. The maximum Gasteiger partial charge on any atom is 0.311 e. The molecule has 1 aromatic heterocycles. The summed E-state index contributed by atoms with van der Waals surface area (Å²) in [5.74, 6) is -0.359. The van der Waals surface area contributed by atoms with E-state index in [4.69, 9.17) is 9.15 Å². The van der Waals surface area contributed by atoms with Crippen molar-refractivity contribution in [1.29, 1.82) is 0 Å². The van der Waals surface area contributed by atoms with Gasteiger partial charge in [0.2, 0.25) is 0 Å². The molecule has 0 aliphatic rings. The van der Waals surface area contributed by atoms with Crippen LogP contribution in [0.4, 0.5) is 0 Å². The molecule has 8 heteroatoms. The average Bonchev–Trinajstić information content (AvgIpc) is 3.10. The minimum Gasteiger partial charge on any atom is -0.490 e. The van der Waals surface area contributed by atoms with E-state index >= 15 is 0 Å². The standard InChI is InChI=1S/C24H25I2NO5/c1-4-27(5-2)9-10-31-24-16(25)11-15(12-17(24)26)23(30)22-19(13-20(28)29)32-18-8-6-7-14(3)21(18)22/h6-8,11-12H,4-5,9-10,13H2,1-3H3,(H,28,29). The number of rotatable bonds is 10. The van der Waals surface area contributed by atoms with E-state index in [1.165, 1.54) is 0 Å². The number of benzene rings is 2. The molecule has 6 nitrogen and oxygen atoms in total. The molecule has 0 saturated heterocycles. The van der Waals surface area contributed by atoms with E-state index in [-0.39, 0.29) is 18.0 Å². The third-order valence-electron chi connectivity index (χ3n) is 5.34. The van der Waals surface area contributed by atoms with Crippen molar-refractivity contribution in [2.45, 2.75) is 27.2 Å². The zero-order valence-electron chi connectivity index (χ0n) is 18.2. The van der Waals surface area contributed by atoms with Gasteiger partial charge in [-0.05, 0) is 89.0 Å². The summed E-state index contributed by atoms with van der Waals surface area (Å²) in [4.78, 5) is 27.2. The molecule has 32 heavy (non-hydrogen) atoms. The summed E-state index contributed by atoms with van der Waals surface area (Å²) in [6, 6.07) is 9.05. The fourth-order valence-electron chi connectivity index (χ4n) is 3.66. The van der Waals surface area contributed by atoms with Crippen LogP contribution in [0.2, 0.25) is 0 Å². The van der Waals surface area contributed by atoms with Gasteiger partial charge in [0, 0.05) is 17.5 Å². The summed E-state index contributed by atoms with van der Waals surface area (Å²) in [6.07, 6.45) is -0.351. The molecular formula is C24H25I2NO5. The lowest BCUT2D eigenvalue weighted by Crippen LogP contribution is -2.28. The number of hydrogen-bond acceptors (Lipinski definition) is 5. The Bertz CT molecular complexity index is 1130. The molecule has 0 saturated carbocycles. The predicted octanol–water partition coefficient (Wildman–Crippen LogP) is 5.53. The van der Waals surface area contributed by atoms with Crippen molar-refractivity contribution in [3.05, 3.63) is 59.9 Å². The van der Waals surface area contributed by atoms with Crippen molar-refractivity contribution >= 4 is 67.9 Å². The monoisotopic (exact) mass is 661 g/mol. The van der Waals surface area contributed by atoms with E-state index in [9.17, 15) is 14.7 Å². The van der Waals surface area contributed by atoms with Crippen molar-refractivity contribution in [2.75, 3.05) is 26.2 Å². The Labute approximate surface area is 214 Å². The van der Waals surface area contributed by atoms with E-state index in [2.05, 4.69) is 63.9 Å². The third kappa shape index (κ3) is 5.45. The number of carbonyl (C=O) groups is 2. The smallest absolute Gasteiger partial charge is 0.311 e. The van der Waals surface area contributed by atoms with E-state index in [0.717, 1.165) is 38.1 Å². The fraction of sp³-hybridized carbons (Fsp3) is 0.333. The zero-order chi connectivity index (χ0) is 23.4. The molecule has 3 aromatic rings. The molecule has 0 atom stereocenters. The lowest BCUT2D eigenvalue weighted by atomic mass is 9.97. The number of fused-ring (bicyclic) bond motifs is 1. The Morgan fingerprint density at radius 3 is 2.38 bits per heavy atom. The number of likely N-dealkylation sites (N-methyl/N-ethyl adjacent to an activating group) is 1. The van der Waals surface area contributed by atoms with Gasteiger partial charge >= 0.3 is 5.97 Å². The van der Waals surface area contributed by atoms with Crippen LogP contribution < -0.4 is 4.74 Å². The van der Waals surface area contributed by atoms with E-state index in [1.54, 1.807) is 18.2 Å². The second-order valence-corrected chi connectivity index (χ2v) is 9.72. The highest BCUT2D eigenvalue weighted by molar-refractivity contribution is 14.1. The summed E-state index contributed by atoms with van der Waals surface area (Å²) >= 11 is 4.36. The minimum absolute atomic E-state index is 0.177. The number of aryl methyl sites for hydroxylation is 1. The Morgan fingerprint density at radius 1 is 1.12 bits per heavy atom. The maximum atomic E-state index is 13.6. The first-order valence-corrected chi connectivity index (χ1v) is 12.5. The summed E-state index contributed by atoms with van der Waals surface area (Å²) in [6.45, 7) is 9.47.